The molecule has 1 saturated carbocycles. The van der Waals surface area contributed by atoms with Crippen LogP contribution in [-0.2, 0) is 0 Å². The Labute approximate surface area is 111 Å². The van der Waals surface area contributed by atoms with Gasteiger partial charge in [-0.3, -0.25) is 4.90 Å². The van der Waals surface area contributed by atoms with Crippen LogP contribution in [0.5, 0.6) is 0 Å². The molecule has 0 amide bonds. The molecule has 4 nitrogen and oxygen atoms in total. The quantitative estimate of drug-likeness (QED) is 0.760. The molecule has 18 heavy (non-hydrogen) atoms. The molecule has 4 heteroatoms. The molecule has 0 radical (unpaired) electrons. The van der Waals surface area contributed by atoms with Crippen molar-refractivity contribution >= 4 is 0 Å². The number of nitrogens with zero attached hydrogens (tertiary/aromatic N) is 2. The van der Waals surface area contributed by atoms with Crippen LogP contribution >= 0.6 is 0 Å². The molecule has 3 unspecified atom stereocenters. The lowest BCUT2D eigenvalue weighted by Crippen LogP contribution is -2.55. The van der Waals surface area contributed by atoms with E-state index >= 15 is 0 Å². The van der Waals surface area contributed by atoms with Crippen molar-refractivity contribution in [2.45, 2.75) is 56.7 Å². The minimum absolute atomic E-state index is 0.131. The SMILES string of the molecule is CC1CN(C)CCCN1C1CCCC(N)(CO)C1. The van der Waals surface area contributed by atoms with E-state index in [4.69, 9.17) is 5.73 Å². The molecule has 1 aliphatic heterocycles. The van der Waals surface area contributed by atoms with Gasteiger partial charge in [0.05, 0.1) is 6.61 Å². The molecule has 0 aromatic rings. The van der Waals surface area contributed by atoms with Crippen LogP contribution in [-0.4, -0.2) is 65.8 Å². The number of likely N-dealkylation sites (N-methyl/N-ethyl adjacent to an activating group) is 1. The molecule has 1 saturated heterocycles. The molecule has 106 valence electrons. The zero-order valence-corrected chi connectivity index (χ0v) is 11.9. The van der Waals surface area contributed by atoms with Crippen molar-refractivity contribution in [3.05, 3.63) is 0 Å². The summed E-state index contributed by atoms with van der Waals surface area (Å²) < 4.78 is 0. The predicted octanol–water partition coefficient (Wildman–Crippen LogP) is 0.645. The van der Waals surface area contributed by atoms with Gasteiger partial charge in [-0.25, -0.2) is 0 Å². The fourth-order valence-electron chi connectivity index (χ4n) is 3.72. The van der Waals surface area contributed by atoms with Crippen LogP contribution in [0.4, 0.5) is 0 Å². The van der Waals surface area contributed by atoms with E-state index in [1.807, 2.05) is 0 Å². The lowest BCUT2D eigenvalue weighted by molar-refractivity contribution is 0.0605. The summed E-state index contributed by atoms with van der Waals surface area (Å²) in [4.78, 5) is 5.06. The molecule has 2 rings (SSSR count). The topological polar surface area (TPSA) is 52.7 Å². The predicted molar refractivity (Wildman–Crippen MR) is 74.5 cm³/mol. The number of nitrogens with two attached hydrogens (primary N) is 1. The number of hydrogen-bond donors (Lipinski definition) is 2. The van der Waals surface area contributed by atoms with Crippen molar-refractivity contribution in [3.63, 3.8) is 0 Å². The first-order valence-electron chi connectivity index (χ1n) is 7.38. The molecule has 0 bridgehead atoms. The summed E-state index contributed by atoms with van der Waals surface area (Å²) in [7, 11) is 2.21. The normalized spacial score (nSPS) is 40.7. The zero-order valence-electron chi connectivity index (χ0n) is 11.9. The third kappa shape index (κ3) is 3.23. The van der Waals surface area contributed by atoms with Crippen molar-refractivity contribution in [1.29, 1.82) is 0 Å². The van der Waals surface area contributed by atoms with Crippen molar-refractivity contribution < 1.29 is 5.11 Å². The fourth-order valence-corrected chi connectivity index (χ4v) is 3.72. The van der Waals surface area contributed by atoms with Crippen LogP contribution in [0, 0.1) is 0 Å². The maximum Gasteiger partial charge on any atom is 0.0611 e. The molecule has 2 aliphatic rings. The molecule has 0 spiro atoms. The maximum atomic E-state index is 9.48. The van der Waals surface area contributed by atoms with Crippen LogP contribution in [0.15, 0.2) is 0 Å². The second-order valence-corrected chi connectivity index (χ2v) is 6.47. The Balaban J connectivity index is 2.01. The summed E-state index contributed by atoms with van der Waals surface area (Å²) in [5, 5.41) is 9.48. The van der Waals surface area contributed by atoms with E-state index in [1.165, 1.54) is 25.9 Å². The molecule has 1 heterocycles. The minimum Gasteiger partial charge on any atom is -0.394 e. The summed E-state index contributed by atoms with van der Waals surface area (Å²) in [6, 6.07) is 1.17. The van der Waals surface area contributed by atoms with Gasteiger partial charge in [0.15, 0.2) is 0 Å². The van der Waals surface area contributed by atoms with E-state index < -0.39 is 0 Å². The van der Waals surface area contributed by atoms with Crippen LogP contribution < -0.4 is 5.73 Å². The first kappa shape index (κ1) is 14.3. The van der Waals surface area contributed by atoms with Gasteiger partial charge in [-0.1, -0.05) is 0 Å². The Morgan fingerprint density at radius 3 is 2.83 bits per heavy atom. The Hall–Kier alpha value is -0.160. The molecular formula is C14H29N3O. The summed E-state index contributed by atoms with van der Waals surface area (Å²) in [6.45, 7) is 5.98. The monoisotopic (exact) mass is 255 g/mol. The molecule has 0 aromatic heterocycles. The van der Waals surface area contributed by atoms with Crippen LogP contribution in [0.2, 0.25) is 0 Å². The van der Waals surface area contributed by atoms with Gasteiger partial charge >= 0.3 is 0 Å². The maximum absolute atomic E-state index is 9.48. The summed E-state index contributed by atoms with van der Waals surface area (Å²) in [5.41, 5.74) is 5.95. The molecule has 2 fully saturated rings. The van der Waals surface area contributed by atoms with Gasteiger partial charge < -0.3 is 15.7 Å². The van der Waals surface area contributed by atoms with Crippen molar-refractivity contribution in [3.8, 4) is 0 Å². The molecular weight excluding hydrogens is 226 g/mol. The van der Waals surface area contributed by atoms with Gasteiger partial charge in [-0.15, -0.1) is 0 Å². The van der Waals surface area contributed by atoms with Crippen molar-refractivity contribution in [2.24, 2.45) is 5.73 Å². The third-order valence-corrected chi connectivity index (χ3v) is 4.74. The zero-order chi connectivity index (χ0) is 13.2. The first-order chi connectivity index (χ1) is 8.54. The third-order valence-electron chi connectivity index (χ3n) is 4.74. The Morgan fingerprint density at radius 1 is 1.33 bits per heavy atom. The van der Waals surface area contributed by atoms with Gasteiger partial charge in [0.2, 0.25) is 0 Å². The lowest BCUT2D eigenvalue weighted by Gasteiger charge is -2.44. The van der Waals surface area contributed by atoms with Gasteiger partial charge in [0.1, 0.15) is 0 Å². The van der Waals surface area contributed by atoms with E-state index in [-0.39, 0.29) is 12.1 Å². The number of hydrogen-bond acceptors (Lipinski definition) is 4. The first-order valence-corrected chi connectivity index (χ1v) is 7.38. The second-order valence-electron chi connectivity index (χ2n) is 6.47. The van der Waals surface area contributed by atoms with Gasteiger partial charge in [0, 0.05) is 24.2 Å². The average molecular weight is 255 g/mol. The number of aliphatic hydroxyl groups is 1. The number of rotatable bonds is 2. The number of aliphatic hydroxyl groups excluding tert-OH is 1. The molecule has 3 atom stereocenters. The van der Waals surface area contributed by atoms with E-state index in [9.17, 15) is 5.11 Å². The Bertz CT molecular complexity index is 274. The van der Waals surface area contributed by atoms with Gasteiger partial charge in [-0.05, 0) is 59.2 Å². The van der Waals surface area contributed by atoms with E-state index in [1.54, 1.807) is 0 Å². The van der Waals surface area contributed by atoms with Crippen LogP contribution in [0.25, 0.3) is 0 Å². The highest BCUT2D eigenvalue weighted by Gasteiger charge is 2.36. The highest BCUT2D eigenvalue weighted by molar-refractivity contribution is 4.95. The molecule has 1 aliphatic carbocycles. The Morgan fingerprint density at radius 2 is 2.11 bits per heavy atom. The lowest BCUT2D eigenvalue weighted by atomic mass is 9.79. The summed E-state index contributed by atoms with van der Waals surface area (Å²) >= 11 is 0. The van der Waals surface area contributed by atoms with Crippen LogP contribution in [0.1, 0.15) is 39.0 Å². The fraction of sp³-hybridized carbons (Fsp3) is 1.00. The summed E-state index contributed by atoms with van der Waals surface area (Å²) in [6.07, 6.45) is 5.57. The van der Waals surface area contributed by atoms with E-state index in [0.717, 1.165) is 25.8 Å². The highest BCUT2D eigenvalue weighted by Crippen LogP contribution is 2.31. The van der Waals surface area contributed by atoms with Crippen LogP contribution in [0.3, 0.4) is 0 Å². The van der Waals surface area contributed by atoms with Gasteiger partial charge in [-0.2, -0.15) is 0 Å². The highest BCUT2D eigenvalue weighted by atomic mass is 16.3. The second kappa shape index (κ2) is 5.87. The van der Waals surface area contributed by atoms with Crippen molar-refractivity contribution in [2.75, 3.05) is 33.3 Å². The minimum atomic E-state index is -0.332. The molecule has 0 aromatic carbocycles. The standard InChI is InChI=1S/C14H29N3O/c1-12-10-16(2)7-4-8-17(12)13-5-3-6-14(15,9-13)11-18/h12-13,18H,3-11,15H2,1-2H3. The van der Waals surface area contributed by atoms with Gasteiger partial charge in [0.25, 0.3) is 0 Å². The van der Waals surface area contributed by atoms with Crippen molar-refractivity contribution in [1.82, 2.24) is 9.80 Å². The van der Waals surface area contributed by atoms with E-state index in [2.05, 4.69) is 23.8 Å². The average Bonchev–Trinajstić information content (AvgIpc) is 2.50. The largest absolute Gasteiger partial charge is 0.394 e. The smallest absolute Gasteiger partial charge is 0.0611 e. The van der Waals surface area contributed by atoms with E-state index in [0.29, 0.717) is 12.1 Å². The Kier molecular flexibility index (Phi) is 4.64. The molecule has 3 N–H and O–H groups in total. The summed E-state index contributed by atoms with van der Waals surface area (Å²) in [5.74, 6) is 0.